The zero-order valence-corrected chi connectivity index (χ0v) is 44.4. The van der Waals surface area contributed by atoms with Crippen LogP contribution in [0.4, 0.5) is 0 Å². The third-order valence-electron chi connectivity index (χ3n) is 19.5. The first-order valence-corrected chi connectivity index (χ1v) is 26.4. The Hall–Kier alpha value is -2.86. The zero-order valence-electron chi connectivity index (χ0n) is 44.4. The van der Waals surface area contributed by atoms with Gasteiger partial charge in [-0.1, -0.05) is 73.5 Å². The van der Waals surface area contributed by atoms with Gasteiger partial charge in [0.1, 0.15) is 49.3 Å². The highest BCUT2D eigenvalue weighted by Crippen LogP contribution is 2.76. The molecule has 20 heteroatoms. The summed E-state index contributed by atoms with van der Waals surface area (Å²) < 4.78 is 50.6. The minimum absolute atomic E-state index is 0.0246. The molecule has 7 aliphatic rings. The summed E-state index contributed by atoms with van der Waals surface area (Å²) in [4.78, 5) is 52.9. The largest absolute Gasteiger partial charge is 0.467 e. The molecule has 0 bridgehead atoms. The van der Waals surface area contributed by atoms with Crippen LogP contribution in [0.1, 0.15) is 132 Å². The third-order valence-corrected chi connectivity index (χ3v) is 19.5. The second-order valence-electron chi connectivity index (χ2n) is 24.2. The quantitative estimate of drug-likeness (QED) is 0.0292. The number of carbonyl (C=O) groups is 4. The molecular formula is C53H84O20. The Morgan fingerprint density at radius 3 is 2.15 bits per heavy atom. The van der Waals surface area contributed by atoms with Crippen molar-refractivity contribution in [1.82, 2.24) is 0 Å². The minimum Gasteiger partial charge on any atom is -0.467 e. The number of methoxy groups -OCH3 is 2. The molecule has 7 N–H and O–H groups in total. The van der Waals surface area contributed by atoms with Crippen molar-refractivity contribution in [3.05, 3.63) is 11.6 Å². The monoisotopic (exact) mass is 1040 g/mol. The Kier molecular flexibility index (Phi) is 17.3. The molecule has 7 rings (SSSR count). The van der Waals surface area contributed by atoms with Crippen molar-refractivity contribution in [3.63, 3.8) is 0 Å². The predicted octanol–water partition coefficient (Wildman–Crippen LogP) is 2.74. The molecular weight excluding hydrogens is 957 g/mol. The maximum absolute atomic E-state index is 14.7. The molecule has 0 radical (unpaired) electrons. The molecule has 0 spiro atoms. The van der Waals surface area contributed by atoms with Gasteiger partial charge in [0.2, 0.25) is 12.4 Å². The molecule has 20 nitrogen and oxygen atoms in total. The maximum Gasteiger partial charge on any atom is 0.340 e. The fourth-order valence-electron chi connectivity index (χ4n) is 14.9. The van der Waals surface area contributed by atoms with E-state index in [1.807, 2.05) is 6.92 Å². The summed E-state index contributed by atoms with van der Waals surface area (Å²) in [6, 6.07) is 0. The van der Waals surface area contributed by atoms with Crippen molar-refractivity contribution in [2.45, 2.75) is 212 Å². The summed E-state index contributed by atoms with van der Waals surface area (Å²) in [7, 11) is 2.11. The molecule has 73 heavy (non-hydrogen) atoms. The van der Waals surface area contributed by atoms with Gasteiger partial charge in [0.25, 0.3) is 0 Å². The van der Waals surface area contributed by atoms with Gasteiger partial charge in [-0.25, -0.2) is 14.4 Å². The molecule has 20 atom stereocenters. The van der Waals surface area contributed by atoms with Crippen LogP contribution in [0, 0.1) is 50.2 Å². The van der Waals surface area contributed by atoms with E-state index < -0.39 is 128 Å². The smallest absolute Gasteiger partial charge is 0.340 e. The van der Waals surface area contributed by atoms with E-state index in [9.17, 15) is 54.9 Å². The summed E-state index contributed by atoms with van der Waals surface area (Å²) in [6.45, 7) is 16.4. The van der Waals surface area contributed by atoms with Crippen LogP contribution in [0.15, 0.2) is 11.6 Å². The highest BCUT2D eigenvalue weighted by molar-refractivity contribution is 5.79. The topological polar surface area (TPSA) is 293 Å². The number of hydrogen-bond acceptors (Lipinski definition) is 20. The van der Waals surface area contributed by atoms with Gasteiger partial charge in [0, 0.05) is 0 Å². The van der Waals surface area contributed by atoms with E-state index in [1.54, 1.807) is 0 Å². The van der Waals surface area contributed by atoms with Gasteiger partial charge in [-0.3, -0.25) is 4.79 Å². The second kappa shape index (κ2) is 21.9. The van der Waals surface area contributed by atoms with Crippen LogP contribution in [0.25, 0.3) is 0 Å². The number of allylic oxidation sites excluding steroid dienone is 2. The van der Waals surface area contributed by atoms with Crippen LogP contribution >= 0.6 is 0 Å². The van der Waals surface area contributed by atoms with Crippen molar-refractivity contribution in [1.29, 1.82) is 0 Å². The summed E-state index contributed by atoms with van der Waals surface area (Å²) in [5, 5.41) is 76.1. The Bertz CT molecular complexity index is 2030. The molecule has 6 fully saturated rings. The molecule has 416 valence electrons. The molecule has 5 aliphatic carbocycles. The number of carbonyl (C=O) groups excluding carboxylic acids is 4. The highest BCUT2D eigenvalue weighted by Gasteiger charge is 2.70. The molecule has 0 aromatic carbocycles. The van der Waals surface area contributed by atoms with E-state index >= 15 is 0 Å². The van der Waals surface area contributed by atoms with Gasteiger partial charge in [-0.05, 0) is 115 Å². The second-order valence-corrected chi connectivity index (χ2v) is 24.2. The summed E-state index contributed by atoms with van der Waals surface area (Å²) in [5.74, 6) is -3.39. The van der Waals surface area contributed by atoms with Crippen LogP contribution in [0.5, 0.6) is 0 Å². The van der Waals surface area contributed by atoms with Crippen LogP contribution in [0.2, 0.25) is 0 Å². The Morgan fingerprint density at radius 2 is 1.49 bits per heavy atom. The number of fused-ring (bicyclic) bond motifs is 7. The van der Waals surface area contributed by atoms with E-state index in [4.69, 9.17) is 33.2 Å². The van der Waals surface area contributed by atoms with Crippen LogP contribution < -0.4 is 0 Å². The average Bonchev–Trinajstić information content (AvgIpc) is 3.34. The molecule has 2 aliphatic heterocycles. The van der Waals surface area contributed by atoms with Gasteiger partial charge < -0.3 is 78.4 Å². The normalized spacial score (nSPS) is 43.5. The van der Waals surface area contributed by atoms with Crippen molar-refractivity contribution in [3.8, 4) is 0 Å². The first kappa shape index (κ1) is 57.8. The number of aliphatic hydroxyl groups is 7. The Balaban J connectivity index is 1.14. The Labute approximate surface area is 428 Å². The molecule has 2 heterocycles. The van der Waals surface area contributed by atoms with E-state index in [-0.39, 0.29) is 46.0 Å². The van der Waals surface area contributed by atoms with Crippen LogP contribution in [-0.2, 0) is 61.8 Å². The van der Waals surface area contributed by atoms with Gasteiger partial charge in [-0.2, -0.15) is 0 Å². The molecule has 0 aromatic rings. The fraction of sp³-hybridized carbons (Fsp3) is 0.887. The van der Waals surface area contributed by atoms with Crippen molar-refractivity contribution < 1.29 is 97.6 Å². The lowest BCUT2D eigenvalue weighted by molar-refractivity contribution is -0.346. The summed E-state index contributed by atoms with van der Waals surface area (Å²) >= 11 is 0. The fourth-order valence-corrected chi connectivity index (χ4v) is 14.9. The number of hydrogen-bond donors (Lipinski definition) is 7. The van der Waals surface area contributed by atoms with Gasteiger partial charge in [0.15, 0.2) is 18.7 Å². The van der Waals surface area contributed by atoms with E-state index in [0.29, 0.717) is 38.5 Å². The van der Waals surface area contributed by atoms with E-state index in [2.05, 4.69) is 64.0 Å². The number of esters is 4. The van der Waals surface area contributed by atoms with Gasteiger partial charge in [0.05, 0.1) is 39.0 Å². The average molecular weight is 1040 g/mol. The van der Waals surface area contributed by atoms with Gasteiger partial charge >= 0.3 is 23.9 Å². The minimum atomic E-state index is -2.15. The first-order chi connectivity index (χ1) is 34.2. The molecule has 4 saturated carbocycles. The standard InChI is InChI=1S/C53H84O20/c1-11-12-23-67-43(63)41-37(59)40(71-44(39(61)42(62)66-10)68-26-33(55)65-9)38(60)46(72-41)70-32-16-17-50(6)30(49(32,4)5)15-18-52(8)31(50)14-13-27-28-24-48(2,3)19-21-53(28,22-20-51(27,52)7)47(64)73-45-36(58)35(57)34(56)29(25-54)69-45/h13,28-32,34-41,44-46,54,56-61H,11-12,14-26H2,1-10H3/t28-,29+,30-,31+,32-,34+,35-,36+,37-,38+,39-,40-,41-,44-,45-,46+,50-,51+,52+,53-/m0/s1. The lowest BCUT2D eigenvalue weighted by atomic mass is 9.33. The SMILES string of the molecule is CCCCOC(=O)[C@H]1O[C@@H](O[C@H]2CC[C@]3(C)[C@H]4CC=C5[C@@H]6CC(C)(C)CC[C@]6(C(=O)O[C@@H]6O[C@H](CO)[C@@H](O)[C@H](O)[C@H]6O)CC[C@@]5(C)[C@]4(C)CC[C@H]3C2(C)C)[C@H](O)[C@@H](O[C@H](OCC(=O)OC)[C@@H](O)C(=O)OC)[C@@H]1O. The lowest BCUT2D eigenvalue weighted by Gasteiger charge is -2.71. The maximum atomic E-state index is 14.7. The zero-order chi connectivity index (χ0) is 53.8. The number of ether oxygens (including phenoxy) is 9. The lowest BCUT2D eigenvalue weighted by Crippen LogP contribution is -2.66. The molecule has 0 unspecified atom stereocenters. The predicted molar refractivity (Wildman–Crippen MR) is 255 cm³/mol. The van der Waals surface area contributed by atoms with Gasteiger partial charge in [-0.15, -0.1) is 0 Å². The molecule has 0 aromatic heterocycles. The van der Waals surface area contributed by atoms with Crippen molar-refractivity contribution >= 4 is 23.9 Å². The number of aliphatic hydroxyl groups excluding tert-OH is 7. The molecule has 0 amide bonds. The highest BCUT2D eigenvalue weighted by atomic mass is 16.7. The first-order valence-electron chi connectivity index (χ1n) is 26.4. The van der Waals surface area contributed by atoms with Crippen LogP contribution in [-0.4, -0.2) is 174 Å². The number of rotatable bonds is 16. The van der Waals surface area contributed by atoms with E-state index in [1.165, 1.54) is 5.57 Å². The van der Waals surface area contributed by atoms with Crippen molar-refractivity contribution in [2.24, 2.45) is 50.2 Å². The van der Waals surface area contributed by atoms with E-state index in [0.717, 1.165) is 52.7 Å². The summed E-state index contributed by atoms with van der Waals surface area (Å²) in [5.41, 5.74) is -1.01. The summed E-state index contributed by atoms with van der Waals surface area (Å²) in [6.07, 6.45) is -10.6. The number of unbranched alkanes of at least 4 members (excludes halogenated alkanes) is 1. The van der Waals surface area contributed by atoms with Crippen LogP contribution in [0.3, 0.4) is 0 Å². The van der Waals surface area contributed by atoms with Crippen molar-refractivity contribution in [2.75, 3.05) is 34.0 Å². The molecule has 2 saturated heterocycles. The third kappa shape index (κ3) is 10.3. The Morgan fingerprint density at radius 1 is 0.795 bits per heavy atom.